The van der Waals surface area contributed by atoms with E-state index >= 15 is 0 Å². The molecule has 1 N–H and O–H groups in total. The Morgan fingerprint density at radius 3 is 2.45 bits per heavy atom. The van der Waals surface area contributed by atoms with Crippen molar-refractivity contribution in [1.29, 1.82) is 0 Å². The Labute approximate surface area is 127 Å². The predicted octanol–water partition coefficient (Wildman–Crippen LogP) is 2.82. The zero-order valence-electron chi connectivity index (χ0n) is 11.0. The summed E-state index contributed by atoms with van der Waals surface area (Å²) in [6.07, 6.45) is 0. The van der Waals surface area contributed by atoms with E-state index in [1.165, 1.54) is 16.9 Å². The predicted molar refractivity (Wildman–Crippen MR) is 82.7 cm³/mol. The van der Waals surface area contributed by atoms with Gasteiger partial charge in [-0.2, -0.15) is 4.98 Å². The quantitative estimate of drug-likeness (QED) is 0.946. The zero-order valence-corrected chi connectivity index (χ0v) is 12.6. The summed E-state index contributed by atoms with van der Waals surface area (Å²) in [5.74, 6) is 0.119. The third-order valence-electron chi connectivity index (χ3n) is 3.44. The number of nitrogens with zero attached hydrogens (tertiary/aromatic N) is 3. The van der Waals surface area contributed by atoms with Crippen LogP contribution in [0.2, 0.25) is 5.02 Å². The number of aromatic hydroxyl groups is 1. The fraction of sp³-hybridized carbons (Fsp3) is 0.357. The monoisotopic (exact) mass is 309 g/mol. The molecule has 0 atom stereocenters. The molecule has 1 aliphatic rings. The van der Waals surface area contributed by atoms with E-state index in [1.54, 1.807) is 5.38 Å². The average Bonchev–Trinajstić information content (AvgIpc) is 2.89. The van der Waals surface area contributed by atoms with Crippen molar-refractivity contribution in [2.75, 3.05) is 31.1 Å². The molecule has 1 fully saturated rings. The van der Waals surface area contributed by atoms with Crippen LogP contribution in [0.25, 0.3) is 0 Å². The van der Waals surface area contributed by atoms with Crippen LogP contribution in [0.3, 0.4) is 0 Å². The molecule has 0 bridgehead atoms. The van der Waals surface area contributed by atoms with Crippen molar-refractivity contribution in [2.24, 2.45) is 0 Å². The maximum atomic E-state index is 9.30. The lowest BCUT2D eigenvalue weighted by atomic mass is 10.2. The number of thiazole rings is 1. The number of hydrogen-bond donors (Lipinski definition) is 1. The molecule has 4 nitrogen and oxygen atoms in total. The zero-order chi connectivity index (χ0) is 13.9. The van der Waals surface area contributed by atoms with Gasteiger partial charge in [0.15, 0.2) is 5.13 Å². The van der Waals surface area contributed by atoms with Crippen molar-refractivity contribution in [1.82, 2.24) is 9.88 Å². The number of benzene rings is 1. The number of anilines is 1. The summed E-state index contributed by atoms with van der Waals surface area (Å²) in [6.45, 7) is 4.85. The average molecular weight is 310 g/mol. The highest BCUT2D eigenvalue weighted by atomic mass is 35.5. The first kappa shape index (κ1) is 13.7. The lowest BCUT2D eigenvalue weighted by Crippen LogP contribution is -2.45. The summed E-state index contributed by atoms with van der Waals surface area (Å²) >= 11 is 7.39. The highest BCUT2D eigenvalue weighted by molar-refractivity contribution is 7.13. The second-order valence-corrected chi connectivity index (χ2v) is 6.15. The van der Waals surface area contributed by atoms with Crippen LogP contribution in [0.4, 0.5) is 5.13 Å². The second-order valence-electron chi connectivity index (χ2n) is 4.88. The Hall–Kier alpha value is -1.30. The normalized spacial score (nSPS) is 16.6. The molecule has 3 rings (SSSR count). The van der Waals surface area contributed by atoms with Crippen LogP contribution >= 0.6 is 22.9 Å². The summed E-state index contributed by atoms with van der Waals surface area (Å²) in [4.78, 5) is 8.77. The smallest absolute Gasteiger partial charge is 0.223 e. The van der Waals surface area contributed by atoms with Crippen molar-refractivity contribution >= 4 is 28.1 Å². The fourth-order valence-electron chi connectivity index (χ4n) is 2.35. The Bertz CT molecular complexity index is 564. The van der Waals surface area contributed by atoms with Gasteiger partial charge in [-0.15, -0.1) is 11.3 Å². The lowest BCUT2D eigenvalue weighted by Gasteiger charge is -2.34. The summed E-state index contributed by atoms with van der Waals surface area (Å²) in [6, 6.07) is 8.03. The molecule has 2 heterocycles. The van der Waals surface area contributed by atoms with E-state index in [9.17, 15) is 5.11 Å². The number of rotatable bonds is 3. The van der Waals surface area contributed by atoms with Gasteiger partial charge < -0.3 is 10.0 Å². The van der Waals surface area contributed by atoms with Crippen LogP contribution in [0.15, 0.2) is 29.6 Å². The van der Waals surface area contributed by atoms with Crippen LogP contribution in [-0.4, -0.2) is 41.2 Å². The van der Waals surface area contributed by atoms with Gasteiger partial charge in [-0.05, 0) is 17.7 Å². The number of piperazine rings is 1. The summed E-state index contributed by atoms with van der Waals surface area (Å²) in [5, 5.41) is 12.7. The van der Waals surface area contributed by atoms with Crippen LogP contribution in [0.5, 0.6) is 5.88 Å². The molecule has 1 aromatic heterocycles. The maximum absolute atomic E-state index is 9.30. The first-order valence-corrected chi connectivity index (χ1v) is 7.83. The standard InChI is InChI=1S/C14H16ClN3OS/c15-12-3-1-11(2-4-12)9-17-5-7-18(8-6-17)14-16-13(19)10-20-14/h1-4,10,19H,5-9H2. The molecule has 0 radical (unpaired) electrons. The molecule has 1 aliphatic heterocycles. The molecular formula is C14H16ClN3OS. The number of hydrogen-bond acceptors (Lipinski definition) is 5. The largest absolute Gasteiger partial charge is 0.493 e. The maximum Gasteiger partial charge on any atom is 0.223 e. The molecule has 6 heteroatoms. The molecule has 20 heavy (non-hydrogen) atoms. The third-order valence-corrected chi connectivity index (χ3v) is 4.58. The molecule has 2 aromatic rings. The van der Waals surface area contributed by atoms with Crippen molar-refractivity contribution in [3.8, 4) is 5.88 Å². The van der Waals surface area contributed by atoms with Gasteiger partial charge in [0.25, 0.3) is 0 Å². The fourth-order valence-corrected chi connectivity index (χ4v) is 3.21. The van der Waals surface area contributed by atoms with Gasteiger partial charge in [-0.3, -0.25) is 4.90 Å². The highest BCUT2D eigenvalue weighted by Crippen LogP contribution is 2.25. The van der Waals surface area contributed by atoms with Gasteiger partial charge in [-0.1, -0.05) is 23.7 Å². The minimum atomic E-state index is 0.119. The van der Waals surface area contributed by atoms with E-state index < -0.39 is 0 Å². The van der Waals surface area contributed by atoms with Crippen LogP contribution < -0.4 is 4.90 Å². The van der Waals surface area contributed by atoms with Crippen LogP contribution in [-0.2, 0) is 6.54 Å². The van der Waals surface area contributed by atoms with E-state index in [2.05, 4.69) is 26.9 Å². The highest BCUT2D eigenvalue weighted by Gasteiger charge is 2.19. The first-order chi connectivity index (χ1) is 9.70. The molecule has 1 saturated heterocycles. The van der Waals surface area contributed by atoms with Gasteiger partial charge in [0, 0.05) is 37.7 Å². The lowest BCUT2D eigenvalue weighted by molar-refractivity contribution is 0.249. The van der Waals surface area contributed by atoms with Crippen molar-refractivity contribution in [2.45, 2.75) is 6.54 Å². The van der Waals surface area contributed by atoms with Gasteiger partial charge in [-0.25, -0.2) is 0 Å². The van der Waals surface area contributed by atoms with Gasteiger partial charge in [0.2, 0.25) is 5.88 Å². The van der Waals surface area contributed by atoms with E-state index in [0.29, 0.717) is 0 Å². The van der Waals surface area contributed by atoms with E-state index in [-0.39, 0.29) is 5.88 Å². The summed E-state index contributed by atoms with van der Waals surface area (Å²) in [5.41, 5.74) is 1.29. The van der Waals surface area contributed by atoms with Crippen LogP contribution in [0, 0.1) is 0 Å². The van der Waals surface area contributed by atoms with Gasteiger partial charge in [0.1, 0.15) is 0 Å². The third kappa shape index (κ3) is 3.23. The molecule has 1 aromatic carbocycles. The molecule has 0 unspecified atom stereocenters. The van der Waals surface area contributed by atoms with E-state index in [0.717, 1.165) is 42.9 Å². The molecule has 106 valence electrons. The minimum absolute atomic E-state index is 0.119. The summed E-state index contributed by atoms with van der Waals surface area (Å²) in [7, 11) is 0. The molecule has 0 aliphatic carbocycles. The second kappa shape index (κ2) is 5.99. The van der Waals surface area contributed by atoms with E-state index in [4.69, 9.17) is 11.6 Å². The molecule has 0 saturated carbocycles. The Morgan fingerprint density at radius 1 is 1.15 bits per heavy atom. The minimum Gasteiger partial charge on any atom is -0.493 e. The topological polar surface area (TPSA) is 39.6 Å². The first-order valence-electron chi connectivity index (χ1n) is 6.57. The van der Waals surface area contributed by atoms with Crippen molar-refractivity contribution in [3.05, 3.63) is 40.2 Å². The number of aromatic nitrogens is 1. The number of halogens is 1. The van der Waals surface area contributed by atoms with Crippen LogP contribution in [0.1, 0.15) is 5.56 Å². The van der Waals surface area contributed by atoms with Gasteiger partial charge in [0.05, 0.1) is 5.38 Å². The van der Waals surface area contributed by atoms with E-state index in [1.807, 2.05) is 12.1 Å². The Kier molecular flexibility index (Phi) is 4.10. The van der Waals surface area contributed by atoms with Crippen molar-refractivity contribution in [3.63, 3.8) is 0 Å². The SMILES string of the molecule is Oc1csc(N2CCN(Cc3ccc(Cl)cc3)CC2)n1. The van der Waals surface area contributed by atoms with Crippen molar-refractivity contribution < 1.29 is 5.11 Å². The molecular weight excluding hydrogens is 294 g/mol. The molecule has 0 spiro atoms. The summed E-state index contributed by atoms with van der Waals surface area (Å²) < 4.78 is 0. The molecule has 0 amide bonds. The van der Waals surface area contributed by atoms with Gasteiger partial charge >= 0.3 is 0 Å². The Morgan fingerprint density at radius 2 is 1.85 bits per heavy atom. The Balaban J connectivity index is 1.54.